The quantitative estimate of drug-likeness (QED) is 0.657. The summed E-state index contributed by atoms with van der Waals surface area (Å²) in [6.07, 6.45) is 0. The number of rotatable bonds is 0. The lowest BCUT2D eigenvalue weighted by atomic mass is 10.0. The molecule has 4 heteroatoms. The fraction of sp³-hybridized carbons (Fsp3) is 0.286. The third-order valence-corrected chi connectivity index (χ3v) is 3.83. The van der Waals surface area contributed by atoms with Gasteiger partial charge in [0.2, 0.25) is 0 Å². The number of hydrogen-bond acceptors (Lipinski definition) is 2. The van der Waals surface area contributed by atoms with Crippen LogP contribution in [0.15, 0.2) is 16.9 Å². The van der Waals surface area contributed by atoms with Gasteiger partial charge in [0, 0.05) is 5.39 Å². The number of nitrogens with zero attached hydrogens (tertiary/aromatic N) is 2. The first-order valence-corrected chi connectivity index (χ1v) is 5.98. The summed E-state index contributed by atoms with van der Waals surface area (Å²) in [5.74, 6) is 0. The first-order chi connectivity index (χ1) is 8.50. The largest absolute Gasteiger partial charge is 0.348 e. The molecule has 0 saturated heterocycles. The van der Waals surface area contributed by atoms with Crippen LogP contribution in [0.2, 0.25) is 0 Å². The number of aromatic amines is 1. The first kappa shape index (κ1) is 11.0. The smallest absolute Gasteiger partial charge is 0.246 e. The molecule has 1 N–H and O–H groups in total. The fourth-order valence-electron chi connectivity index (χ4n) is 2.43. The lowest BCUT2D eigenvalue weighted by molar-refractivity contribution is 1.04. The zero-order valence-electron chi connectivity index (χ0n) is 11.0. The van der Waals surface area contributed by atoms with Crippen LogP contribution >= 0.6 is 0 Å². The number of fused-ring (bicyclic) bond motifs is 3. The van der Waals surface area contributed by atoms with Crippen LogP contribution in [-0.4, -0.2) is 14.6 Å². The minimum atomic E-state index is -0.179. The average molecular weight is 241 g/mol. The number of hydrogen-bond donors (Lipinski definition) is 1. The molecule has 1 aromatic carbocycles. The molecule has 0 radical (unpaired) electrons. The molecule has 0 aliphatic carbocycles. The minimum absolute atomic E-state index is 0.179. The van der Waals surface area contributed by atoms with Gasteiger partial charge in [-0.2, -0.15) is 5.10 Å². The van der Waals surface area contributed by atoms with Gasteiger partial charge in [0.1, 0.15) is 0 Å². The van der Waals surface area contributed by atoms with E-state index in [4.69, 9.17) is 0 Å². The van der Waals surface area contributed by atoms with Crippen LogP contribution < -0.4 is 5.69 Å². The normalized spacial score (nSPS) is 11.6. The molecule has 0 amide bonds. The highest BCUT2D eigenvalue weighted by Crippen LogP contribution is 2.26. The molecule has 0 fully saturated rings. The first-order valence-electron chi connectivity index (χ1n) is 5.98. The van der Waals surface area contributed by atoms with Gasteiger partial charge in [0.05, 0.1) is 5.52 Å². The number of nitrogens with one attached hydrogen (secondary N) is 1. The fourth-order valence-corrected chi connectivity index (χ4v) is 2.43. The van der Waals surface area contributed by atoms with E-state index in [9.17, 15) is 4.79 Å². The van der Waals surface area contributed by atoms with Crippen LogP contribution in [-0.2, 0) is 0 Å². The molecular formula is C14H15N3O. The molecule has 0 atom stereocenters. The summed E-state index contributed by atoms with van der Waals surface area (Å²) in [6.45, 7) is 8.22. The third kappa shape index (κ3) is 1.26. The van der Waals surface area contributed by atoms with Crippen molar-refractivity contribution in [2.45, 2.75) is 27.7 Å². The van der Waals surface area contributed by atoms with E-state index in [0.717, 1.165) is 16.5 Å². The highest BCUT2D eigenvalue weighted by atomic mass is 16.1. The number of H-pyrrole nitrogens is 1. The Hall–Kier alpha value is -2.10. The van der Waals surface area contributed by atoms with E-state index in [1.807, 2.05) is 6.92 Å². The van der Waals surface area contributed by atoms with Crippen LogP contribution in [0.4, 0.5) is 0 Å². The maximum absolute atomic E-state index is 11.9. The molecule has 0 saturated carbocycles. The van der Waals surface area contributed by atoms with Crippen molar-refractivity contribution >= 4 is 16.6 Å². The lowest BCUT2D eigenvalue weighted by Gasteiger charge is -2.11. The maximum Gasteiger partial charge on any atom is 0.348 e. The topological polar surface area (TPSA) is 50.2 Å². The monoisotopic (exact) mass is 241 g/mol. The van der Waals surface area contributed by atoms with Gasteiger partial charge in [-0.15, -0.1) is 0 Å². The summed E-state index contributed by atoms with van der Waals surface area (Å²) in [4.78, 5) is 11.9. The molecule has 0 spiro atoms. The molecular weight excluding hydrogens is 226 g/mol. The van der Waals surface area contributed by atoms with Gasteiger partial charge in [-0.25, -0.2) is 14.3 Å². The summed E-state index contributed by atoms with van der Waals surface area (Å²) in [5, 5.41) is 7.75. The van der Waals surface area contributed by atoms with Gasteiger partial charge in [-0.3, -0.25) is 0 Å². The number of aromatic nitrogens is 3. The minimum Gasteiger partial charge on any atom is -0.246 e. The Balaban J connectivity index is 2.72. The Morgan fingerprint density at radius 3 is 2.44 bits per heavy atom. The number of pyridine rings is 1. The van der Waals surface area contributed by atoms with E-state index < -0.39 is 0 Å². The Morgan fingerprint density at radius 2 is 1.72 bits per heavy atom. The second kappa shape index (κ2) is 3.45. The molecule has 2 aromatic heterocycles. The van der Waals surface area contributed by atoms with E-state index >= 15 is 0 Å². The van der Waals surface area contributed by atoms with Crippen LogP contribution in [0.3, 0.4) is 0 Å². The van der Waals surface area contributed by atoms with Crippen molar-refractivity contribution in [2.75, 3.05) is 0 Å². The Labute approximate surface area is 104 Å². The van der Waals surface area contributed by atoms with Gasteiger partial charge < -0.3 is 0 Å². The van der Waals surface area contributed by atoms with Crippen LogP contribution in [0.25, 0.3) is 16.6 Å². The van der Waals surface area contributed by atoms with Crippen molar-refractivity contribution in [1.82, 2.24) is 14.6 Å². The highest BCUT2D eigenvalue weighted by Gasteiger charge is 2.13. The summed E-state index contributed by atoms with van der Waals surface area (Å²) in [7, 11) is 0. The molecule has 0 bridgehead atoms. The van der Waals surface area contributed by atoms with Crippen LogP contribution in [0.5, 0.6) is 0 Å². The molecule has 2 heterocycles. The van der Waals surface area contributed by atoms with Gasteiger partial charge in [-0.1, -0.05) is 0 Å². The standard InChI is InChI=1S/C14H15N3O/c1-7-5-11-9(3)10(4)13-15-16-14(18)17(13)12(11)6-8(7)2/h5-6H,1-4H3,(H,16,18). The van der Waals surface area contributed by atoms with Crippen molar-refractivity contribution in [3.8, 4) is 0 Å². The van der Waals surface area contributed by atoms with Gasteiger partial charge in [0.25, 0.3) is 0 Å². The third-order valence-electron chi connectivity index (χ3n) is 3.83. The lowest BCUT2D eigenvalue weighted by Crippen LogP contribution is -2.11. The van der Waals surface area contributed by atoms with Crippen molar-refractivity contribution in [1.29, 1.82) is 0 Å². The molecule has 4 nitrogen and oxygen atoms in total. The number of benzene rings is 1. The Morgan fingerprint density at radius 1 is 1.06 bits per heavy atom. The predicted octanol–water partition coefficient (Wildman–Crippen LogP) is 2.41. The second-order valence-corrected chi connectivity index (χ2v) is 4.89. The Kier molecular flexibility index (Phi) is 2.11. The highest BCUT2D eigenvalue weighted by molar-refractivity contribution is 5.88. The molecule has 92 valence electrons. The predicted molar refractivity (Wildman–Crippen MR) is 72.3 cm³/mol. The molecule has 0 unspecified atom stereocenters. The van der Waals surface area contributed by atoms with Crippen molar-refractivity contribution < 1.29 is 0 Å². The van der Waals surface area contributed by atoms with Gasteiger partial charge >= 0.3 is 5.69 Å². The van der Waals surface area contributed by atoms with E-state index in [2.05, 4.69) is 43.1 Å². The summed E-state index contributed by atoms with van der Waals surface area (Å²) < 4.78 is 1.66. The number of aryl methyl sites for hydroxylation is 4. The van der Waals surface area contributed by atoms with E-state index in [1.165, 1.54) is 16.7 Å². The van der Waals surface area contributed by atoms with Crippen molar-refractivity contribution in [2.24, 2.45) is 0 Å². The molecule has 3 aromatic rings. The zero-order valence-corrected chi connectivity index (χ0v) is 11.0. The average Bonchev–Trinajstić information content (AvgIpc) is 2.71. The molecule has 0 aliphatic rings. The van der Waals surface area contributed by atoms with Gasteiger partial charge in [0.15, 0.2) is 5.65 Å². The van der Waals surface area contributed by atoms with E-state index in [0.29, 0.717) is 5.65 Å². The molecule has 18 heavy (non-hydrogen) atoms. The summed E-state index contributed by atoms with van der Waals surface area (Å²) >= 11 is 0. The Bertz CT molecular complexity index is 840. The van der Waals surface area contributed by atoms with E-state index in [1.54, 1.807) is 4.40 Å². The van der Waals surface area contributed by atoms with Crippen LogP contribution in [0.1, 0.15) is 22.3 Å². The SMILES string of the molecule is Cc1cc2c(C)c(C)c3n[nH]c(=O)n3c2cc1C. The van der Waals surface area contributed by atoms with Gasteiger partial charge in [-0.05, 0) is 62.1 Å². The second-order valence-electron chi connectivity index (χ2n) is 4.89. The van der Waals surface area contributed by atoms with E-state index in [-0.39, 0.29) is 5.69 Å². The van der Waals surface area contributed by atoms with Crippen molar-refractivity contribution in [3.05, 3.63) is 44.9 Å². The summed E-state index contributed by atoms with van der Waals surface area (Å²) in [6, 6.07) is 4.20. The van der Waals surface area contributed by atoms with Crippen molar-refractivity contribution in [3.63, 3.8) is 0 Å². The molecule has 3 rings (SSSR count). The summed E-state index contributed by atoms with van der Waals surface area (Å²) in [5.41, 5.74) is 6.11. The molecule has 0 aliphatic heterocycles. The maximum atomic E-state index is 11.9. The zero-order chi connectivity index (χ0) is 13.0. The van der Waals surface area contributed by atoms with Crippen LogP contribution in [0, 0.1) is 27.7 Å².